The molecule has 2 N–H and O–H groups in total. The summed E-state index contributed by atoms with van der Waals surface area (Å²) in [6.07, 6.45) is 2.12. The number of hydrogen-bond donors (Lipinski definition) is 2. The summed E-state index contributed by atoms with van der Waals surface area (Å²) in [5.74, 6) is -0.117. The van der Waals surface area contributed by atoms with Gasteiger partial charge in [0, 0.05) is 29.3 Å². The number of thiophene rings is 1. The molecule has 0 aromatic carbocycles. The molecule has 2 rings (SSSR count). The fourth-order valence-corrected chi connectivity index (χ4v) is 2.45. The Bertz CT molecular complexity index is 495. The van der Waals surface area contributed by atoms with Crippen molar-refractivity contribution in [3.05, 3.63) is 34.1 Å². The van der Waals surface area contributed by atoms with Gasteiger partial charge >= 0.3 is 5.97 Å². The number of carboxylic acid groups (broad SMARTS) is 1. The molecule has 0 saturated carbocycles. The Morgan fingerprint density at radius 1 is 1.44 bits per heavy atom. The van der Waals surface area contributed by atoms with E-state index in [1.165, 1.54) is 17.7 Å². The predicted octanol–water partition coefficient (Wildman–Crippen LogP) is 1.09. The van der Waals surface area contributed by atoms with Gasteiger partial charge in [0.2, 0.25) is 6.39 Å². The van der Waals surface area contributed by atoms with E-state index in [-0.39, 0.29) is 6.42 Å². The van der Waals surface area contributed by atoms with Crippen molar-refractivity contribution >= 4 is 17.3 Å². The van der Waals surface area contributed by atoms with Crippen LogP contribution in [0.1, 0.15) is 15.6 Å². The van der Waals surface area contributed by atoms with Crippen LogP contribution in [0.5, 0.6) is 0 Å². The smallest absolute Gasteiger partial charge is 0.308 e. The van der Waals surface area contributed by atoms with Gasteiger partial charge in [-0.25, -0.2) is 0 Å². The molecule has 2 heterocycles. The second-order valence-electron chi connectivity index (χ2n) is 3.71. The van der Waals surface area contributed by atoms with Crippen molar-refractivity contribution in [3.8, 4) is 0 Å². The zero-order chi connectivity index (χ0) is 12.8. The molecule has 0 amide bonds. The average molecular weight is 267 g/mol. The second kappa shape index (κ2) is 6.27. The lowest BCUT2D eigenvalue weighted by atomic mass is 10.3. The van der Waals surface area contributed by atoms with Crippen LogP contribution in [0, 0.1) is 0 Å². The van der Waals surface area contributed by atoms with E-state index >= 15 is 0 Å². The van der Waals surface area contributed by atoms with Gasteiger partial charge in [0.15, 0.2) is 5.82 Å². The van der Waals surface area contributed by atoms with Crippen LogP contribution in [0.2, 0.25) is 0 Å². The molecule has 7 heteroatoms. The lowest BCUT2D eigenvalue weighted by Gasteiger charge is -1.99. The first kappa shape index (κ1) is 12.7. The monoisotopic (exact) mass is 267 g/mol. The van der Waals surface area contributed by atoms with Crippen molar-refractivity contribution in [3.63, 3.8) is 0 Å². The third kappa shape index (κ3) is 3.94. The summed E-state index contributed by atoms with van der Waals surface area (Å²) < 4.78 is 4.63. The van der Waals surface area contributed by atoms with Crippen molar-refractivity contribution in [2.75, 3.05) is 6.54 Å². The van der Waals surface area contributed by atoms with Gasteiger partial charge in [-0.3, -0.25) is 4.79 Å². The van der Waals surface area contributed by atoms with E-state index in [4.69, 9.17) is 5.11 Å². The largest absolute Gasteiger partial charge is 0.481 e. The maximum Gasteiger partial charge on any atom is 0.308 e. The Morgan fingerprint density at radius 2 is 2.28 bits per heavy atom. The van der Waals surface area contributed by atoms with Crippen LogP contribution in [0.25, 0.3) is 0 Å². The Kier molecular flexibility index (Phi) is 4.43. The normalized spacial score (nSPS) is 10.7. The van der Waals surface area contributed by atoms with Crippen molar-refractivity contribution < 1.29 is 14.4 Å². The fraction of sp³-hybridized carbons (Fsp3) is 0.364. The van der Waals surface area contributed by atoms with Crippen molar-refractivity contribution in [2.45, 2.75) is 19.4 Å². The summed E-state index contributed by atoms with van der Waals surface area (Å²) in [6, 6.07) is 3.80. The van der Waals surface area contributed by atoms with E-state index in [2.05, 4.69) is 20.0 Å². The fourth-order valence-electron chi connectivity index (χ4n) is 1.48. The van der Waals surface area contributed by atoms with Gasteiger partial charge in [-0.1, -0.05) is 5.16 Å². The molecule has 0 radical (unpaired) electrons. The molecule has 0 unspecified atom stereocenters. The third-order valence-corrected chi connectivity index (χ3v) is 3.36. The minimum atomic E-state index is -0.798. The van der Waals surface area contributed by atoms with Gasteiger partial charge in [-0.05, 0) is 12.1 Å². The highest BCUT2D eigenvalue weighted by atomic mass is 32.1. The first-order valence-electron chi connectivity index (χ1n) is 5.49. The molecule has 0 bridgehead atoms. The minimum absolute atomic E-state index is 0.0908. The van der Waals surface area contributed by atoms with E-state index in [9.17, 15) is 4.79 Å². The molecule has 6 nitrogen and oxygen atoms in total. The molecule has 0 aliphatic rings. The number of hydrogen-bond acceptors (Lipinski definition) is 6. The minimum Gasteiger partial charge on any atom is -0.481 e. The van der Waals surface area contributed by atoms with Crippen molar-refractivity contribution in [1.82, 2.24) is 15.5 Å². The van der Waals surface area contributed by atoms with Crippen LogP contribution < -0.4 is 5.32 Å². The van der Waals surface area contributed by atoms with Crippen LogP contribution in [0.15, 0.2) is 23.0 Å². The number of carbonyl (C=O) groups is 1. The summed E-state index contributed by atoms with van der Waals surface area (Å²) in [6.45, 7) is 1.48. The highest BCUT2D eigenvalue weighted by Crippen LogP contribution is 2.16. The molecule has 0 atom stereocenters. The Labute approximate surface area is 108 Å². The van der Waals surface area contributed by atoms with Gasteiger partial charge in [-0.15, -0.1) is 11.3 Å². The molecule has 0 aliphatic heterocycles. The first-order chi connectivity index (χ1) is 8.74. The molecule has 18 heavy (non-hydrogen) atoms. The SMILES string of the molecule is O=C(O)Cc1ccc(CNCCc2ncon2)s1. The zero-order valence-electron chi connectivity index (χ0n) is 9.63. The average Bonchev–Trinajstić information content (AvgIpc) is 2.95. The van der Waals surface area contributed by atoms with E-state index in [0.29, 0.717) is 12.2 Å². The van der Waals surface area contributed by atoms with Crippen LogP contribution in [0.4, 0.5) is 0 Å². The lowest BCUT2D eigenvalue weighted by molar-refractivity contribution is -0.136. The summed E-state index contributed by atoms with van der Waals surface area (Å²) >= 11 is 1.52. The number of aromatic nitrogens is 2. The van der Waals surface area contributed by atoms with Crippen LogP contribution in [-0.2, 0) is 24.2 Å². The summed E-state index contributed by atoms with van der Waals surface area (Å²) in [4.78, 5) is 16.5. The van der Waals surface area contributed by atoms with E-state index in [0.717, 1.165) is 22.8 Å². The Hall–Kier alpha value is -1.73. The van der Waals surface area contributed by atoms with Gasteiger partial charge in [0.25, 0.3) is 0 Å². The number of rotatable bonds is 7. The number of nitrogens with one attached hydrogen (secondary N) is 1. The maximum absolute atomic E-state index is 10.5. The quantitative estimate of drug-likeness (QED) is 0.730. The second-order valence-corrected chi connectivity index (χ2v) is 4.97. The van der Waals surface area contributed by atoms with E-state index in [1.54, 1.807) is 0 Å². The van der Waals surface area contributed by atoms with Gasteiger partial charge in [-0.2, -0.15) is 4.98 Å². The molecule has 0 fully saturated rings. The summed E-state index contributed by atoms with van der Waals surface area (Å²) in [5.41, 5.74) is 0. The molecule has 0 spiro atoms. The lowest BCUT2D eigenvalue weighted by Crippen LogP contribution is -2.16. The Balaban J connectivity index is 1.70. The zero-order valence-corrected chi connectivity index (χ0v) is 10.4. The van der Waals surface area contributed by atoms with Gasteiger partial charge < -0.3 is 14.9 Å². The topological polar surface area (TPSA) is 88.2 Å². The molecule has 0 aliphatic carbocycles. The molecular formula is C11H13N3O3S. The maximum atomic E-state index is 10.5. The molecule has 2 aromatic heterocycles. The van der Waals surface area contributed by atoms with Crippen molar-refractivity contribution in [1.29, 1.82) is 0 Å². The predicted molar refractivity (Wildman–Crippen MR) is 65.4 cm³/mol. The third-order valence-electron chi connectivity index (χ3n) is 2.27. The number of nitrogens with zero attached hydrogens (tertiary/aromatic N) is 2. The summed E-state index contributed by atoms with van der Waals surface area (Å²) in [5, 5.41) is 15.6. The van der Waals surface area contributed by atoms with Gasteiger partial charge in [0.05, 0.1) is 6.42 Å². The number of carboxylic acids is 1. The van der Waals surface area contributed by atoms with Crippen LogP contribution in [-0.4, -0.2) is 27.8 Å². The highest BCUT2D eigenvalue weighted by molar-refractivity contribution is 7.12. The first-order valence-corrected chi connectivity index (χ1v) is 6.31. The van der Waals surface area contributed by atoms with Crippen LogP contribution >= 0.6 is 11.3 Å². The standard InChI is InChI=1S/C11H13N3O3S/c15-11(16)5-8-1-2-9(18-8)6-12-4-3-10-13-7-17-14-10/h1-2,7,12H,3-6H2,(H,15,16). The molecule has 0 saturated heterocycles. The highest BCUT2D eigenvalue weighted by Gasteiger charge is 2.04. The van der Waals surface area contributed by atoms with Crippen LogP contribution in [0.3, 0.4) is 0 Å². The van der Waals surface area contributed by atoms with Crippen molar-refractivity contribution in [2.24, 2.45) is 0 Å². The molecule has 96 valence electrons. The molecular weight excluding hydrogens is 254 g/mol. The summed E-state index contributed by atoms with van der Waals surface area (Å²) in [7, 11) is 0. The Morgan fingerprint density at radius 3 is 3.00 bits per heavy atom. The van der Waals surface area contributed by atoms with Gasteiger partial charge in [0.1, 0.15) is 0 Å². The number of aliphatic carboxylic acids is 1. The molecule has 2 aromatic rings. The van der Waals surface area contributed by atoms with E-state index in [1.807, 2.05) is 12.1 Å². The van der Waals surface area contributed by atoms with E-state index < -0.39 is 5.97 Å².